The lowest BCUT2D eigenvalue weighted by molar-refractivity contribution is 0.626. The summed E-state index contributed by atoms with van der Waals surface area (Å²) in [5.41, 5.74) is 1.12. The molecule has 0 aromatic heterocycles. The van der Waals surface area contributed by atoms with Crippen molar-refractivity contribution in [3.8, 4) is 0 Å². The van der Waals surface area contributed by atoms with Gasteiger partial charge in [-0.2, -0.15) is 0 Å². The number of rotatable bonds is 1. The summed E-state index contributed by atoms with van der Waals surface area (Å²) in [6, 6.07) is 6.96. The third-order valence-corrected chi connectivity index (χ3v) is 4.96. The summed E-state index contributed by atoms with van der Waals surface area (Å²) in [6.07, 6.45) is 1.28. The summed E-state index contributed by atoms with van der Waals surface area (Å²) in [5, 5.41) is 0. The summed E-state index contributed by atoms with van der Waals surface area (Å²) in [7, 11) is 0. The lowest BCUT2D eigenvalue weighted by Crippen LogP contribution is -2.00. The van der Waals surface area contributed by atoms with E-state index in [9.17, 15) is 4.39 Å². The Morgan fingerprint density at radius 3 is 2.69 bits per heavy atom. The predicted octanol–water partition coefficient (Wildman–Crippen LogP) is 3.69. The Morgan fingerprint density at radius 2 is 2.00 bits per heavy atom. The van der Waals surface area contributed by atoms with Crippen LogP contribution in [0.5, 0.6) is 0 Å². The van der Waals surface area contributed by atoms with Crippen molar-refractivity contribution in [3.05, 3.63) is 35.6 Å². The van der Waals surface area contributed by atoms with Gasteiger partial charge in [-0.25, -0.2) is 4.39 Å². The van der Waals surface area contributed by atoms with Gasteiger partial charge in [-0.3, -0.25) is 0 Å². The monoisotopic (exact) mass is 214 g/mol. The van der Waals surface area contributed by atoms with Gasteiger partial charge in [0.1, 0.15) is 5.82 Å². The molecule has 0 saturated carbocycles. The molecule has 0 N–H and O–H groups in total. The summed E-state index contributed by atoms with van der Waals surface area (Å²) in [5.74, 6) is 2.28. The maximum absolute atomic E-state index is 12.9. The predicted molar refractivity (Wildman–Crippen MR) is 58.7 cm³/mol. The molecule has 0 amide bonds. The lowest BCUT2D eigenvalue weighted by Gasteiger charge is -2.20. The van der Waals surface area contributed by atoms with Crippen molar-refractivity contribution in [2.45, 2.75) is 11.0 Å². The Kier molecular flexibility index (Phi) is 3.17. The normalized spacial score (nSPS) is 18.8. The van der Waals surface area contributed by atoms with Crippen LogP contribution in [0.3, 0.4) is 0 Å². The van der Waals surface area contributed by atoms with E-state index in [1.54, 1.807) is 12.1 Å². The number of thioether (sulfide) groups is 2. The first kappa shape index (κ1) is 9.41. The van der Waals surface area contributed by atoms with Gasteiger partial charge in [-0.15, -0.1) is 23.5 Å². The van der Waals surface area contributed by atoms with Crippen LogP contribution in [0, 0.1) is 5.82 Å². The molecule has 1 aromatic rings. The second-order valence-electron chi connectivity index (χ2n) is 2.98. The molecular formula is C10H11FS2. The molecule has 2 rings (SSSR count). The largest absolute Gasteiger partial charge is 0.207 e. The van der Waals surface area contributed by atoms with Gasteiger partial charge < -0.3 is 0 Å². The van der Waals surface area contributed by atoms with Crippen LogP contribution in [0.1, 0.15) is 16.6 Å². The lowest BCUT2D eigenvalue weighted by atomic mass is 10.2. The van der Waals surface area contributed by atoms with Gasteiger partial charge in [0, 0.05) is 0 Å². The quantitative estimate of drug-likeness (QED) is 0.699. The van der Waals surface area contributed by atoms with Crippen molar-refractivity contribution in [2.24, 2.45) is 0 Å². The number of hydrogen-bond acceptors (Lipinski definition) is 2. The Balaban J connectivity index is 2.14. The van der Waals surface area contributed by atoms with Gasteiger partial charge >= 0.3 is 0 Å². The molecule has 1 aliphatic rings. The molecule has 70 valence electrons. The summed E-state index contributed by atoms with van der Waals surface area (Å²) >= 11 is 3.84. The zero-order valence-corrected chi connectivity index (χ0v) is 8.84. The molecule has 3 heteroatoms. The molecule has 0 aliphatic carbocycles. The van der Waals surface area contributed by atoms with E-state index in [4.69, 9.17) is 0 Å². The topological polar surface area (TPSA) is 0 Å². The molecule has 1 heterocycles. The van der Waals surface area contributed by atoms with Gasteiger partial charge in [0.25, 0.3) is 0 Å². The number of benzene rings is 1. The van der Waals surface area contributed by atoms with Gasteiger partial charge in [-0.1, -0.05) is 12.1 Å². The fourth-order valence-corrected chi connectivity index (χ4v) is 4.21. The first-order valence-corrected chi connectivity index (χ1v) is 6.45. The zero-order valence-electron chi connectivity index (χ0n) is 7.20. The first-order valence-electron chi connectivity index (χ1n) is 4.35. The van der Waals surface area contributed by atoms with E-state index in [1.807, 2.05) is 29.6 Å². The van der Waals surface area contributed by atoms with Gasteiger partial charge in [0.2, 0.25) is 0 Å². The number of halogens is 1. The maximum Gasteiger partial charge on any atom is 0.123 e. The second-order valence-corrected chi connectivity index (χ2v) is 5.71. The van der Waals surface area contributed by atoms with E-state index in [1.165, 1.54) is 24.0 Å². The third-order valence-electron chi connectivity index (χ3n) is 1.95. The molecule has 0 bridgehead atoms. The van der Waals surface area contributed by atoms with Crippen LogP contribution < -0.4 is 0 Å². The maximum atomic E-state index is 12.9. The Morgan fingerprint density at radius 1 is 1.23 bits per heavy atom. The summed E-state index contributed by atoms with van der Waals surface area (Å²) in [6.45, 7) is 0. The van der Waals surface area contributed by atoms with E-state index in [2.05, 4.69) is 0 Å². The van der Waals surface area contributed by atoms with E-state index >= 15 is 0 Å². The van der Waals surface area contributed by atoms with Crippen LogP contribution in [-0.2, 0) is 0 Å². The zero-order chi connectivity index (χ0) is 9.10. The Bertz CT molecular complexity index is 282. The molecule has 13 heavy (non-hydrogen) atoms. The molecule has 1 saturated heterocycles. The molecule has 0 spiro atoms. The average Bonchev–Trinajstić information content (AvgIpc) is 2.19. The minimum atomic E-state index is -0.121. The average molecular weight is 214 g/mol. The Labute approximate surface area is 86.3 Å². The highest BCUT2D eigenvalue weighted by Crippen LogP contribution is 2.43. The molecule has 0 unspecified atom stereocenters. The molecule has 1 aromatic carbocycles. The van der Waals surface area contributed by atoms with Gasteiger partial charge in [-0.05, 0) is 35.6 Å². The van der Waals surface area contributed by atoms with Crippen LogP contribution in [0.15, 0.2) is 24.3 Å². The molecular weight excluding hydrogens is 203 g/mol. The van der Waals surface area contributed by atoms with Crippen molar-refractivity contribution in [1.82, 2.24) is 0 Å². The van der Waals surface area contributed by atoms with E-state index in [-0.39, 0.29) is 5.82 Å². The standard InChI is InChI=1S/C10H11FS2/c11-9-4-1-3-8(7-9)10-12-5-2-6-13-10/h1,3-4,7,10H,2,5-6H2. The Hall–Kier alpha value is -0.150. The molecule has 0 nitrogen and oxygen atoms in total. The third kappa shape index (κ3) is 2.41. The van der Waals surface area contributed by atoms with Crippen molar-refractivity contribution >= 4 is 23.5 Å². The van der Waals surface area contributed by atoms with Crippen LogP contribution in [-0.4, -0.2) is 11.5 Å². The fourth-order valence-electron chi connectivity index (χ4n) is 1.33. The van der Waals surface area contributed by atoms with E-state index in [0.29, 0.717) is 4.58 Å². The first-order chi connectivity index (χ1) is 6.36. The molecule has 0 radical (unpaired) electrons. The van der Waals surface area contributed by atoms with Crippen molar-refractivity contribution in [2.75, 3.05) is 11.5 Å². The highest BCUT2D eigenvalue weighted by molar-refractivity contribution is 8.16. The van der Waals surface area contributed by atoms with Crippen LogP contribution in [0.4, 0.5) is 4.39 Å². The van der Waals surface area contributed by atoms with E-state index in [0.717, 1.165) is 5.56 Å². The van der Waals surface area contributed by atoms with Crippen molar-refractivity contribution in [3.63, 3.8) is 0 Å². The molecule has 1 fully saturated rings. The van der Waals surface area contributed by atoms with Gasteiger partial charge in [0.05, 0.1) is 4.58 Å². The highest BCUT2D eigenvalue weighted by Gasteiger charge is 2.16. The number of hydrogen-bond donors (Lipinski definition) is 0. The van der Waals surface area contributed by atoms with Crippen molar-refractivity contribution < 1.29 is 4.39 Å². The minimum absolute atomic E-state index is 0.121. The minimum Gasteiger partial charge on any atom is -0.207 e. The smallest absolute Gasteiger partial charge is 0.123 e. The van der Waals surface area contributed by atoms with Crippen LogP contribution in [0.2, 0.25) is 0 Å². The molecule has 1 aliphatic heterocycles. The van der Waals surface area contributed by atoms with Crippen molar-refractivity contribution in [1.29, 1.82) is 0 Å². The second kappa shape index (κ2) is 4.38. The molecule has 0 atom stereocenters. The van der Waals surface area contributed by atoms with Crippen LogP contribution in [0.25, 0.3) is 0 Å². The van der Waals surface area contributed by atoms with Crippen LogP contribution >= 0.6 is 23.5 Å². The highest BCUT2D eigenvalue weighted by atomic mass is 32.2. The summed E-state index contributed by atoms with van der Waals surface area (Å²) in [4.78, 5) is 0. The summed E-state index contributed by atoms with van der Waals surface area (Å²) < 4.78 is 13.4. The van der Waals surface area contributed by atoms with E-state index < -0.39 is 0 Å². The van der Waals surface area contributed by atoms with Gasteiger partial charge in [0.15, 0.2) is 0 Å². The SMILES string of the molecule is Fc1cccc(C2SCCCS2)c1. The fraction of sp³-hybridized carbons (Fsp3) is 0.400.